The summed E-state index contributed by atoms with van der Waals surface area (Å²) >= 11 is 6.93. The molecule has 1 aliphatic heterocycles. The number of ketones is 1. The van der Waals surface area contributed by atoms with Crippen molar-refractivity contribution < 1.29 is 23.5 Å². The third kappa shape index (κ3) is 3.39. The SMILES string of the molecule is O=C(C1=C(O)C(=O)N(c2nc3cc(Cl)c(F)cc3s2)C1c1cccnc1)c1cc2ccccc2o1. The van der Waals surface area contributed by atoms with E-state index in [0.29, 0.717) is 26.7 Å². The van der Waals surface area contributed by atoms with Crippen LogP contribution in [0.4, 0.5) is 9.52 Å². The number of para-hydroxylation sites is 1. The lowest BCUT2D eigenvalue weighted by molar-refractivity contribution is -0.117. The molecule has 0 saturated heterocycles. The first kappa shape index (κ1) is 21.5. The van der Waals surface area contributed by atoms with Crippen LogP contribution in [0.15, 0.2) is 82.7 Å². The van der Waals surface area contributed by atoms with Crippen molar-refractivity contribution in [2.45, 2.75) is 6.04 Å². The van der Waals surface area contributed by atoms with Crippen molar-refractivity contribution in [2.75, 3.05) is 4.90 Å². The highest BCUT2D eigenvalue weighted by atomic mass is 35.5. The minimum absolute atomic E-state index is 0.0190. The van der Waals surface area contributed by atoms with E-state index in [-0.39, 0.29) is 21.5 Å². The third-order valence-electron chi connectivity index (χ3n) is 5.73. The average Bonchev–Trinajstić information content (AvgIpc) is 3.54. The Morgan fingerprint density at radius 1 is 1.17 bits per heavy atom. The van der Waals surface area contributed by atoms with Gasteiger partial charge in [0.25, 0.3) is 5.91 Å². The fourth-order valence-electron chi connectivity index (χ4n) is 4.13. The van der Waals surface area contributed by atoms with Crippen LogP contribution >= 0.6 is 22.9 Å². The molecule has 0 radical (unpaired) electrons. The first-order chi connectivity index (χ1) is 16.9. The monoisotopic (exact) mass is 505 g/mol. The summed E-state index contributed by atoms with van der Waals surface area (Å²) in [4.78, 5) is 36.7. The van der Waals surface area contributed by atoms with Gasteiger partial charge in [-0.3, -0.25) is 19.5 Å². The van der Waals surface area contributed by atoms with Crippen molar-refractivity contribution in [1.82, 2.24) is 9.97 Å². The lowest BCUT2D eigenvalue weighted by atomic mass is 9.96. The van der Waals surface area contributed by atoms with Crippen LogP contribution < -0.4 is 4.90 Å². The number of benzene rings is 2. The van der Waals surface area contributed by atoms with Gasteiger partial charge in [0.1, 0.15) is 11.4 Å². The summed E-state index contributed by atoms with van der Waals surface area (Å²) in [6.07, 6.45) is 3.05. The van der Waals surface area contributed by atoms with Gasteiger partial charge in [-0.15, -0.1) is 0 Å². The molecule has 10 heteroatoms. The summed E-state index contributed by atoms with van der Waals surface area (Å²) in [6.45, 7) is 0. The number of aliphatic hydroxyl groups excluding tert-OH is 1. The number of anilines is 1. The van der Waals surface area contributed by atoms with E-state index in [0.717, 1.165) is 11.3 Å². The Kier molecular flexibility index (Phi) is 4.91. The number of aliphatic hydroxyl groups is 1. The number of fused-ring (bicyclic) bond motifs is 2. The van der Waals surface area contributed by atoms with Crippen molar-refractivity contribution in [3.63, 3.8) is 0 Å². The third-order valence-corrected chi connectivity index (χ3v) is 7.03. The van der Waals surface area contributed by atoms with Gasteiger partial charge >= 0.3 is 0 Å². The lowest BCUT2D eigenvalue weighted by Gasteiger charge is -2.23. The fraction of sp³-hybridized carbons (Fsp3) is 0.0400. The van der Waals surface area contributed by atoms with E-state index in [4.69, 9.17) is 16.0 Å². The quantitative estimate of drug-likeness (QED) is 0.300. The minimum Gasteiger partial charge on any atom is -0.503 e. The van der Waals surface area contributed by atoms with Gasteiger partial charge in [-0.2, -0.15) is 0 Å². The number of amides is 1. The summed E-state index contributed by atoms with van der Waals surface area (Å²) in [7, 11) is 0. The standard InChI is InChI=1S/C25H13ClFN3O4S/c26-14-9-16-19(10-15(14)27)35-25(29-16)30-21(13-5-3-7-28-11-13)20(23(32)24(30)33)22(31)18-8-12-4-1-2-6-17(12)34-18/h1-11,21,32H. The Labute approximate surface area is 205 Å². The number of aromatic nitrogens is 2. The maximum absolute atomic E-state index is 14.0. The van der Waals surface area contributed by atoms with E-state index >= 15 is 0 Å². The van der Waals surface area contributed by atoms with Crippen molar-refractivity contribution >= 4 is 60.9 Å². The molecule has 4 heterocycles. The van der Waals surface area contributed by atoms with Gasteiger partial charge in [0, 0.05) is 17.8 Å². The predicted molar refractivity (Wildman–Crippen MR) is 129 cm³/mol. The molecule has 5 aromatic rings. The van der Waals surface area contributed by atoms with Crippen LogP contribution in [0.2, 0.25) is 5.02 Å². The normalized spacial score (nSPS) is 16.1. The van der Waals surface area contributed by atoms with Gasteiger partial charge in [-0.1, -0.05) is 47.2 Å². The zero-order valence-corrected chi connectivity index (χ0v) is 19.2. The topological polar surface area (TPSA) is 96.5 Å². The van der Waals surface area contributed by atoms with Gasteiger partial charge < -0.3 is 9.52 Å². The highest BCUT2D eigenvalue weighted by Gasteiger charge is 2.46. The molecule has 3 aromatic heterocycles. The smallest absolute Gasteiger partial charge is 0.296 e. The predicted octanol–water partition coefficient (Wildman–Crippen LogP) is 6.01. The van der Waals surface area contributed by atoms with Gasteiger partial charge in [0.2, 0.25) is 5.78 Å². The van der Waals surface area contributed by atoms with E-state index in [1.165, 1.54) is 23.2 Å². The van der Waals surface area contributed by atoms with Crippen LogP contribution in [0.5, 0.6) is 0 Å². The second-order valence-corrected chi connectivity index (χ2v) is 9.25. The molecule has 0 aliphatic carbocycles. The molecule has 0 bridgehead atoms. The van der Waals surface area contributed by atoms with E-state index in [1.54, 1.807) is 42.6 Å². The molecule has 1 aliphatic rings. The first-order valence-electron chi connectivity index (χ1n) is 10.4. The Bertz CT molecular complexity index is 1620. The molecular weight excluding hydrogens is 493 g/mol. The Hall–Kier alpha value is -4.08. The maximum Gasteiger partial charge on any atom is 0.296 e. The molecule has 1 amide bonds. The molecule has 0 fully saturated rings. The first-order valence-corrected chi connectivity index (χ1v) is 11.6. The second-order valence-electron chi connectivity index (χ2n) is 7.83. The lowest BCUT2D eigenvalue weighted by Crippen LogP contribution is -2.31. The van der Waals surface area contributed by atoms with Crippen molar-refractivity contribution in [3.8, 4) is 0 Å². The number of carbonyl (C=O) groups excluding carboxylic acids is 2. The zero-order chi connectivity index (χ0) is 24.3. The minimum atomic E-state index is -1.03. The van der Waals surface area contributed by atoms with E-state index in [1.807, 2.05) is 6.07 Å². The molecule has 6 rings (SSSR count). The molecule has 1 N–H and O–H groups in total. The number of halogens is 2. The van der Waals surface area contributed by atoms with Crippen LogP contribution in [0.1, 0.15) is 22.2 Å². The molecule has 0 spiro atoms. The van der Waals surface area contributed by atoms with Crippen molar-refractivity contribution in [2.24, 2.45) is 0 Å². The Balaban J connectivity index is 1.51. The van der Waals surface area contributed by atoms with E-state index < -0.39 is 29.3 Å². The second kappa shape index (κ2) is 8.00. The molecule has 2 aromatic carbocycles. The Morgan fingerprint density at radius 2 is 2.00 bits per heavy atom. The van der Waals surface area contributed by atoms with Crippen LogP contribution in [0, 0.1) is 5.82 Å². The number of hydrogen-bond acceptors (Lipinski definition) is 7. The average molecular weight is 506 g/mol. The molecule has 7 nitrogen and oxygen atoms in total. The summed E-state index contributed by atoms with van der Waals surface area (Å²) in [6, 6.07) is 13.6. The van der Waals surface area contributed by atoms with Gasteiger partial charge in [-0.05, 0) is 35.9 Å². The zero-order valence-electron chi connectivity index (χ0n) is 17.6. The molecule has 1 atom stereocenters. The van der Waals surface area contributed by atoms with Gasteiger partial charge in [-0.25, -0.2) is 9.37 Å². The number of rotatable bonds is 4. The largest absolute Gasteiger partial charge is 0.503 e. The number of hydrogen-bond donors (Lipinski definition) is 1. The number of Topliss-reactive ketones (excluding diaryl/α,β-unsaturated/α-hetero) is 1. The number of thiazole rings is 1. The highest BCUT2D eigenvalue weighted by Crippen LogP contribution is 2.44. The summed E-state index contributed by atoms with van der Waals surface area (Å²) in [5.41, 5.74) is 1.20. The number of pyridine rings is 1. The Morgan fingerprint density at radius 3 is 2.77 bits per heavy atom. The van der Waals surface area contributed by atoms with Gasteiger partial charge in [0.15, 0.2) is 16.7 Å². The summed E-state index contributed by atoms with van der Waals surface area (Å²) in [5.74, 6) is -2.81. The van der Waals surface area contributed by atoms with Crippen LogP contribution in [0.25, 0.3) is 21.2 Å². The van der Waals surface area contributed by atoms with Crippen LogP contribution in [-0.4, -0.2) is 26.8 Å². The maximum atomic E-state index is 14.0. The molecule has 172 valence electrons. The van der Waals surface area contributed by atoms with Crippen molar-refractivity contribution in [3.05, 3.63) is 100 Å². The van der Waals surface area contributed by atoms with Crippen LogP contribution in [0.3, 0.4) is 0 Å². The molecule has 0 saturated carbocycles. The summed E-state index contributed by atoms with van der Waals surface area (Å²) in [5, 5.41) is 11.7. The number of carbonyl (C=O) groups is 2. The molecule has 1 unspecified atom stereocenters. The van der Waals surface area contributed by atoms with Crippen LogP contribution in [-0.2, 0) is 4.79 Å². The highest BCUT2D eigenvalue weighted by molar-refractivity contribution is 7.22. The van der Waals surface area contributed by atoms with E-state index in [9.17, 15) is 19.1 Å². The summed E-state index contributed by atoms with van der Waals surface area (Å²) < 4.78 is 20.2. The van der Waals surface area contributed by atoms with E-state index in [2.05, 4.69) is 9.97 Å². The molecule has 35 heavy (non-hydrogen) atoms. The number of furan rings is 1. The fourth-order valence-corrected chi connectivity index (χ4v) is 5.29. The number of nitrogens with zero attached hydrogens (tertiary/aromatic N) is 3. The molecular formula is C25H13ClFN3O4S. The van der Waals surface area contributed by atoms with Crippen molar-refractivity contribution in [1.29, 1.82) is 0 Å². The van der Waals surface area contributed by atoms with Gasteiger partial charge in [0.05, 0.1) is 26.9 Å².